The third kappa shape index (κ3) is 1.45. The molecule has 1 saturated carbocycles. The molecule has 1 aromatic carbocycles. The minimum absolute atomic E-state index is 0.0171. The molecular weight excluding hydrogens is 344 g/mol. The van der Waals surface area contributed by atoms with Crippen LogP contribution in [0.15, 0.2) is 18.2 Å². The number of amides is 1. The molecule has 4 heterocycles. The van der Waals surface area contributed by atoms with E-state index in [0.29, 0.717) is 6.42 Å². The van der Waals surface area contributed by atoms with Gasteiger partial charge in [0.2, 0.25) is 6.41 Å². The lowest BCUT2D eigenvalue weighted by molar-refractivity contribution is -0.230. The summed E-state index contributed by atoms with van der Waals surface area (Å²) in [5.74, 6) is 0.654. The average Bonchev–Trinajstić information content (AvgIpc) is 3.27. The number of rotatable bonds is 2. The van der Waals surface area contributed by atoms with Gasteiger partial charge in [-0.1, -0.05) is 12.1 Å². The Morgan fingerprint density at radius 2 is 2.15 bits per heavy atom. The maximum absolute atomic E-state index is 12.7. The number of hydrogen-bond donors (Lipinski definition) is 0. The van der Waals surface area contributed by atoms with Crippen molar-refractivity contribution in [1.82, 2.24) is 4.90 Å². The zero-order chi connectivity index (χ0) is 18.4. The molecule has 0 N–H and O–H groups in total. The number of nitrogens with zero attached hydrogens (tertiary/aromatic N) is 2. The minimum Gasteiger partial charge on any atom is -0.495 e. The normalized spacial score (nSPS) is 41.4. The molecule has 0 unspecified atom stereocenters. The van der Waals surface area contributed by atoms with E-state index in [-0.39, 0.29) is 22.8 Å². The van der Waals surface area contributed by atoms with E-state index in [4.69, 9.17) is 9.47 Å². The van der Waals surface area contributed by atoms with Crippen molar-refractivity contribution in [3.05, 3.63) is 23.8 Å². The summed E-state index contributed by atoms with van der Waals surface area (Å²) in [6.07, 6.45) is 6.36. The number of hydrogen-bond acceptors (Lipinski definition) is 5. The van der Waals surface area contributed by atoms with E-state index in [1.54, 1.807) is 7.11 Å². The molecule has 0 bridgehead atoms. The van der Waals surface area contributed by atoms with Crippen LogP contribution >= 0.6 is 0 Å². The van der Waals surface area contributed by atoms with E-state index in [2.05, 4.69) is 11.0 Å². The number of esters is 1. The summed E-state index contributed by atoms with van der Waals surface area (Å²) < 4.78 is 12.0. The molecule has 4 aliphatic heterocycles. The average molecular weight is 368 g/mol. The van der Waals surface area contributed by atoms with Crippen molar-refractivity contribution in [3.63, 3.8) is 0 Å². The molecular formula is C21H24N2O4. The van der Waals surface area contributed by atoms with E-state index in [1.807, 2.05) is 17.0 Å². The van der Waals surface area contributed by atoms with Gasteiger partial charge >= 0.3 is 5.97 Å². The lowest BCUT2D eigenvalue weighted by Crippen LogP contribution is -2.72. The van der Waals surface area contributed by atoms with Gasteiger partial charge in [-0.05, 0) is 43.7 Å². The number of ether oxygens (including phenoxy) is 2. The van der Waals surface area contributed by atoms with Crippen molar-refractivity contribution in [2.24, 2.45) is 5.41 Å². The van der Waals surface area contributed by atoms with Gasteiger partial charge in [-0.2, -0.15) is 0 Å². The van der Waals surface area contributed by atoms with Gasteiger partial charge in [0.25, 0.3) is 0 Å². The SMILES string of the molecule is COc1cccc2c1N(C=O)[C@@H]1CC[C@@]34CCCN5CC[C@@]21[C@]53OC(=O)C4. The van der Waals surface area contributed by atoms with Crippen LogP contribution in [0, 0.1) is 5.41 Å². The van der Waals surface area contributed by atoms with Crippen LogP contribution in [0.1, 0.15) is 44.1 Å². The van der Waals surface area contributed by atoms with Gasteiger partial charge in [0.05, 0.1) is 30.7 Å². The Morgan fingerprint density at radius 3 is 2.96 bits per heavy atom. The smallest absolute Gasteiger partial charge is 0.308 e. The molecule has 4 atom stereocenters. The lowest BCUT2D eigenvalue weighted by atomic mass is 9.50. The molecule has 1 aromatic rings. The number of para-hydroxylation sites is 1. The molecule has 1 aliphatic carbocycles. The Kier molecular flexibility index (Phi) is 2.86. The lowest BCUT2D eigenvalue weighted by Gasteiger charge is -2.61. The molecule has 142 valence electrons. The van der Waals surface area contributed by atoms with Gasteiger partial charge in [-0.25, -0.2) is 0 Å². The first-order valence-electron chi connectivity index (χ1n) is 10.0. The van der Waals surface area contributed by atoms with Crippen LogP contribution in [-0.4, -0.2) is 49.2 Å². The molecule has 6 rings (SSSR count). The Bertz CT molecular complexity index is 872. The number of carbonyl (C=O) groups excluding carboxylic acids is 2. The molecule has 4 fully saturated rings. The van der Waals surface area contributed by atoms with Crippen LogP contribution < -0.4 is 9.64 Å². The molecule has 6 heteroatoms. The van der Waals surface area contributed by atoms with Crippen LogP contribution in [0.3, 0.4) is 0 Å². The molecule has 1 amide bonds. The van der Waals surface area contributed by atoms with Crippen LogP contribution in [-0.2, 0) is 19.7 Å². The number of benzene rings is 1. The van der Waals surface area contributed by atoms with E-state index in [1.165, 1.54) is 0 Å². The van der Waals surface area contributed by atoms with E-state index in [9.17, 15) is 9.59 Å². The van der Waals surface area contributed by atoms with Gasteiger partial charge in [0.15, 0.2) is 5.72 Å². The fraction of sp³-hybridized carbons (Fsp3) is 0.619. The first-order valence-corrected chi connectivity index (χ1v) is 10.0. The fourth-order valence-electron chi connectivity index (χ4n) is 7.63. The maximum Gasteiger partial charge on any atom is 0.308 e. The van der Waals surface area contributed by atoms with Crippen molar-refractivity contribution in [3.8, 4) is 5.75 Å². The van der Waals surface area contributed by atoms with E-state index >= 15 is 0 Å². The Hall–Kier alpha value is -2.08. The summed E-state index contributed by atoms with van der Waals surface area (Å²) in [7, 11) is 1.65. The first kappa shape index (κ1) is 15.9. The third-order valence-electron chi connectivity index (χ3n) is 8.24. The number of anilines is 1. The number of methoxy groups -OCH3 is 1. The second kappa shape index (κ2) is 4.85. The Labute approximate surface area is 158 Å². The molecule has 6 nitrogen and oxygen atoms in total. The Morgan fingerprint density at radius 1 is 1.26 bits per heavy atom. The second-order valence-corrected chi connectivity index (χ2v) is 8.81. The third-order valence-corrected chi connectivity index (χ3v) is 8.24. The molecule has 3 saturated heterocycles. The molecule has 0 radical (unpaired) electrons. The van der Waals surface area contributed by atoms with Crippen LogP contribution in [0.4, 0.5) is 5.69 Å². The summed E-state index contributed by atoms with van der Waals surface area (Å²) >= 11 is 0. The highest BCUT2D eigenvalue weighted by atomic mass is 16.6. The highest BCUT2D eigenvalue weighted by molar-refractivity contribution is 5.88. The second-order valence-electron chi connectivity index (χ2n) is 8.81. The van der Waals surface area contributed by atoms with Crippen molar-refractivity contribution < 1.29 is 19.1 Å². The maximum atomic E-state index is 12.7. The van der Waals surface area contributed by atoms with Crippen LogP contribution in [0.25, 0.3) is 0 Å². The minimum atomic E-state index is -0.614. The van der Waals surface area contributed by atoms with Crippen LogP contribution in [0.5, 0.6) is 5.75 Å². The molecule has 5 aliphatic rings. The monoisotopic (exact) mass is 368 g/mol. The van der Waals surface area contributed by atoms with Crippen molar-refractivity contribution in [2.45, 2.75) is 55.7 Å². The first-order chi connectivity index (χ1) is 13.1. The highest BCUT2D eigenvalue weighted by Crippen LogP contribution is 2.73. The van der Waals surface area contributed by atoms with Gasteiger partial charge in [-0.3, -0.25) is 14.5 Å². The summed E-state index contributed by atoms with van der Waals surface area (Å²) in [5, 5.41) is 0. The predicted molar refractivity (Wildman–Crippen MR) is 97.5 cm³/mol. The predicted octanol–water partition coefficient (Wildman–Crippen LogP) is 2.20. The van der Waals surface area contributed by atoms with Crippen LogP contribution in [0.2, 0.25) is 0 Å². The van der Waals surface area contributed by atoms with Gasteiger partial charge in [-0.15, -0.1) is 0 Å². The summed E-state index contributed by atoms with van der Waals surface area (Å²) in [6, 6.07) is 6.07. The number of fused-ring (bicyclic) bond motifs is 1. The van der Waals surface area contributed by atoms with Gasteiger partial charge in [0.1, 0.15) is 5.75 Å². The molecule has 0 aromatic heterocycles. The van der Waals surface area contributed by atoms with Gasteiger partial charge < -0.3 is 14.4 Å². The molecule has 2 spiro atoms. The quantitative estimate of drug-likeness (QED) is 0.592. The zero-order valence-corrected chi connectivity index (χ0v) is 15.6. The van der Waals surface area contributed by atoms with E-state index < -0.39 is 5.72 Å². The zero-order valence-electron chi connectivity index (χ0n) is 15.6. The topological polar surface area (TPSA) is 59.1 Å². The highest BCUT2D eigenvalue weighted by Gasteiger charge is 2.82. The summed E-state index contributed by atoms with van der Waals surface area (Å²) in [5.41, 5.74) is 0.900. The standard InChI is InChI=1S/C21H24N2O4/c1-26-15-5-2-4-14-18(15)23(13-24)16-6-8-19-7-3-10-22-11-9-20(14,16)21(19,22)27-17(25)12-19/h2,4-5,13,16H,3,6-12H2,1H3/t16-,19-,20-,21+/m1/s1. The molecule has 27 heavy (non-hydrogen) atoms. The van der Waals surface area contributed by atoms with Crippen molar-refractivity contribution in [2.75, 3.05) is 25.1 Å². The number of carbonyl (C=O) groups is 2. The largest absolute Gasteiger partial charge is 0.495 e. The van der Waals surface area contributed by atoms with E-state index in [0.717, 1.165) is 68.6 Å². The van der Waals surface area contributed by atoms with Crippen molar-refractivity contribution in [1.29, 1.82) is 0 Å². The Balaban J connectivity index is 1.69. The fourth-order valence-corrected chi connectivity index (χ4v) is 7.63. The summed E-state index contributed by atoms with van der Waals surface area (Å²) in [4.78, 5) is 29.2. The van der Waals surface area contributed by atoms with Crippen molar-refractivity contribution >= 4 is 18.1 Å². The van der Waals surface area contributed by atoms with Gasteiger partial charge in [0, 0.05) is 18.5 Å². The summed E-state index contributed by atoms with van der Waals surface area (Å²) in [6.45, 7) is 1.87. The number of piperidine rings is 1.